The molecular formula is C35H42Cl2N6O4. The fourth-order valence-corrected chi connectivity index (χ4v) is 7.41. The second kappa shape index (κ2) is 15.2. The number of rotatable bonds is 12. The molecule has 1 amide bonds. The molecule has 0 radical (unpaired) electrons. The molecule has 4 aliphatic rings. The lowest BCUT2D eigenvalue weighted by Gasteiger charge is -2.56. The molecule has 250 valence electrons. The highest BCUT2D eigenvalue weighted by Crippen LogP contribution is 2.35. The maximum absolute atomic E-state index is 11.8. The predicted molar refractivity (Wildman–Crippen MR) is 183 cm³/mol. The van der Waals surface area contributed by atoms with Crippen LogP contribution >= 0.6 is 23.2 Å². The van der Waals surface area contributed by atoms with Gasteiger partial charge in [0.15, 0.2) is 0 Å². The Bertz CT molecular complexity index is 1530. The largest absolute Gasteiger partial charge is 0.466 e. The minimum atomic E-state index is -0.130. The number of piperazine rings is 1. The number of halogens is 2. The molecule has 4 aliphatic heterocycles. The van der Waals surface area contributed by atoms with Gasteiger partial charge in [-0.05, 0) is 87.2 Å². The number of ether oxygens (including phenoxy) is 2. The second-order valence-electron chi connectivity index (χ2n) is 12.7. The van der Waals surface area contributed by atoms with Crippen LogP contribution in [0.4, 0.5) is 5.82 Å². The Morgan fingerprint density at radius 2 is 1.77 bits per heavy atom. The van der Waals surface area contributed by atoms with Crippen molar-refractivity contribution < 1.29 is 19.1 Å². The summed E-state index contributed by atoms with van der Waals surface area (Å²) in [5.74, 6) is 2.38. The van der Waals surface area contributed by atoms with Gasteiger partial charge in [0.2, 0.25) is 11.8 Å². The van der Waals surface area contributed by atoms with Crippen molar-refractivity contribution in [1.29, 1.82) is 0 Å². The van der Waals surface area contributed by atoms with E-state index in [1.807, 2.05) is 37.3 Å². The topological polar surface area (TPSA) is 100 Å². The smallest absolute Gasteiger partial charge is 0.307 e. The second-order valence-corrected chi connectivity index (χ2v) is 13.6. The van der Waals surface area contributed by atoms with Crippen LogP contribution in [0.2, 0.25) is 10.0 Å². The Hall–Kier alpha value is -3.44. The summed E-state index contributed by atoms with van der Waals surface area (Å²) < 4.78 is 11.4. The van der Waals surface area contributed by atoms with Crippen LogP contribution < -0.4 is 15.0 Å². The van der Waals surface area contributed by atoms with E-state index in [9.17, 15) is 9.59 Å². The number of likely N-dealkylation sites (tertiary alicyclic amines) is 1. The first-order valence-corrected chi connectivity index (χ1v) is 17.2. The molecule has 2 bridgehead atoms. The summed E-state index contributed by atoms with van der Waals surface area (Å²) in [5, 5.41) is 4.04. The zero-order chi connectivity index (χ0) is 32.9. The summed E-state index contributed by atoms with van der Waals surface area (Å²) in [7, 11) is 0. The van der Waals surface area contributed by atoms with Crippen LogP contribution in [0.25, 0.3) is 11.3 Å². The number of amides is 1. The van der Waals surface area contributed by atoms with Crippen molar-refractivity contribution in [2.75, 3.05) is 50.8 Å². The van der Waals surface area contributed by atoms with Gasteiger partial charge < -0.3 is 19.7 Å². The quantitative estimate of drug-likeness (QED) is 0.238. The molecule has 4 saturated heterocycles. The number of benzene rings is 1. The molecule has 0 saturated carbocycles. The van der Waals surface area contributed by atoms with E-state index in [0.29, 0.717) is 52.7 Å². The summed E-state index contributed by atoms with van der Waals surface area (Å²) in [6.45, 7) is 9.72. The predicted octanol–water partition coefficient (Wildman–Crippen LogP) is 5.81. The molecule has 47 heavy (non-hydrogen) atoms. The molecule has 4 fully saturated rings. The van der Waals surface area contributed by atoms with Crippen LogP contribution in [0.5, 0.6) is 11.6 Å². The summed E-state index contributed by atoms with van der Waals surface area (Å²) in [4.78, 5) is 39.9. The van der Waals surface area contributed by atoms with Crippen LogP contribution in [0.1, 0.15) is 45.1 Å². The zero-order valence-electron chi connectivity index (χ0n) is 27.0. The normalized spacial score (nSPS) is 20.0. The Kier molecular flexibility index (Phi) is 10.8. The number of fused-ring (bicyclic) bond motifs is 2. The molecule has 2 atom stereocenters. The minimum absolute atomic E-state index is 0.0222. The third-order valence-corrected chi connectivity index (χ3v) is 9.70. The van der Waals surface area contributed by atoms with Gasteiger partial charge in [0.1, 0.15) is 11.6 Å². The number of aromatic nitrogens is 2. The molecule has 1 N–H and O–H groups in total. The third-order valence-electron chi connectivity index (χ3n) is 9.26. The van der Waals surface area contributed by atoms with Crippen LogP contribution in [0.15, 0.2) is 48.7 Å². The van der Waals surface area contributed by atoms with Gasteiger partial charge in [0.05, 0.1) is 24.9 Å². The minimum Gasteiger partial charge on any atom is -0.466 e. The molecular weight excluding hydrogens is 639 g/mol. The van der Waals surface area contributed by atoms with Crippen molar-refractivity contribution in [3.63, 3.8) is 0 Å². The van der Waals surface area contributed by atoms with E-state index in [1.165, 1.54) is 0 Å². The molecule has 12 heteroatoms. The Labute approximate surface area is 286 Å². The van der Waals surface area contributed by atoms with E-state index >= 15 is 0 Å². The van der Waals surface area contributed by atoms with E-state index < -0.39 is 0 Å². The molecule has 0 spiro atoms. The molecule has 6 heterocycles. The number of carbonyl (C=O) groups is 2. The molecule has 1 aromatic carbocycles. The van der Waals surface area contributed by atoms with Gasteiger partial charge in [0.25, 0.3) is 0 Å². The van der Waals surface area contributed by atoms with E-state index in [2.05, 4.69) is 26.1 Å². The third kappa shape index (κ3) is 8.73. The maximum Gasteiger partial charge on any atom is 0.307 e. The molecule has 7 rings (SSSR count). The summed E-state index contributed by atoms with van der Waals surface area (Å²) in [6.07, 6.45) is 5.40. The van der Waals surface area contributed by atoms with E-state index in [4.69, 9.17) is 42.6 Å². The van der Waals surface area contributed by atoms with Crippen LogP contribution in [0.3, 0.4) is 0 Å². The van der Waals surface area contributed by atoms with Crippen molar-refractivity contribution in [1.82, 2.24) is 25.1 Å². The van der Waals surface area contributed by atoms with Gasteiger partial charge in [0, 0.05) is 73.4 Å². The van der Waals surface area contributed by atoms with Crippen LogP contribution in [-0.4, -0.2) is 89.6 Å². The highest BCUT2D eigenvalue weighted by molar-refractivity contribution is 6.35. The van der Waals surface area contributed by atoms with Gasteiger partial charge in [-0.25, -0.2) is 9.97 Å². The first kappa shape index (κ1) is 33.5. The summed E-state index contributed by atoms with van der Waals surface area (Å²) >= 11 is 12.7. The summed E-state index contributed by atoms with van der Waals surface area (Å²) in [6, 6.07) is 14.2. The molecule has 2 unspecified atom stereocenters. The van der Waals surface area contributed by atoms with Gasteiger partial charge in [-0.2, -0.15) is 0 Å². The number of piperidine rings is 2. The zero-order valence-corrected chi connectivity index (χ0v) is 28.5. The van der Waals surface area contributed by atoms with Gasteiger partial charge in [-0.1, -0.05) is 23.2 Å². The van der Waals surface area contributed by atoms with Crippen molar-refractivity contribution in [2.24, 2.45) is 5.92 Å². The van der Waals surface area contributed by atoms with E-state index in [0.717, 1.165) is 87.7 Å². The number of hydrogen-bond acceptors (Lipinski definition) is 9. The number of nitrogens with zero attached hydrogens (tertiary/aromatic N) is 5. The van der Waals surface area contributed by atoms with Gasteiger partial charge in [-0.15, -0.1) is 0 Å². The van der Waals surface area contributed by atoms with Crippen molar-refractivity contribution in [2.45, 2.75) is 58.2 Å². The highest BCUT2D eigenvalue weighted by atomic mass is 35.5. The van der Waals surface area contributed by atoms with Gasteiger partial charge >= 0.3 is 5.97 Å². The van der Waals surface area contributed by atoms with Crippen molar-refractivity contribution in [3.8, 4) is 22.9 Å². The first-order chi connectivity index (χ1) is 22.7. The number of hydrogen-bond donors (Lipinski definition) is 1. The molecule has 3 aromatic rings. The lowest BCUT2D eigenvalue weighted by atomic mass is 9.87. The average Bonchev–Trinajstić information content (AvgIpc) is 3.04. The Morgan fingerprint density at radius 3 is 2.43 bits per heavy atom. The van der Waals surface area contributed by atoms with Crippen molar-refractivity contribution >= 4 is 40.9 Å². The van der Waals surface area contributed by atoms with Crippen molar-refractivity contribution in [3.05, 3.63) is 64.3 Å². The van der Waals surface area contributed by atoms with Crippen LogP contribution in [0, 0.1) is 5.92 Å². The average molecular weight is 682 g/mol. The lowest BCUT2D eigenvalue weighted by Crippen LogP contribution is -2.69. The number of anilines is 1. The van der Waals surface area contributed by atoms with E-state index in [-0.39, 0.29) is 11.9 Å². The SMILES string of the molecule is CCOC(=O)CCN1C2CC1CN(c1ccc(Oc3cc(CN4CCC(CNC(C)=O)CC4)cc(-c4cc(Cl)cc(Cl)c4)n3)cn1)C2. The Balaban J connectivity index is 1.12. The number of nitrogens with one attached hydrogen (secondary N) is 1. The van der Waals surface area contributed by atoms with Gasteiger partial charge in [-0.3, -0.25) is 19.4 Å². The van der Waals surface area contributed by atoms with E-state index in [1.54, 1.807) is 19.2 Å². The standard InChI is InChI=1S/C35H42Cl2N6O4/c1-3-46-35(45)8-11-43-29-17-30(43)22-42(21-29)33-5-4-31(19-39-33)47-34-13-25(12-32(40-34)26-14-27(36)16-28(37)15-26)20-41-9-6-24(7-10-41)18-38-23(2)44/h4-5,12-16,19,24,29-30H,3,6-11,17-18,20-22H2,1-2H3,(H,38,44). The number of carbonyl (C=O) groups excluding carboxylic acids is 2. The fourth-order valence-electron chi connectivity index (χ4n) is 6.88. The number of esters is 1. The molecule has 0 aliphatic carbocycles. The summed E-state index contributed by atoms with van der Waals surface area (Å²) in [5.41, 5.74) is 2.62. The number of pyridine rings is 2. The highest BCUT2D eigenvalue weighted by Gasteiger charge is 2.44. The monoisotopic (exact) mass is 680 g/mol. The Morgan fingerprint density at radius 1 is 1.02 bits per heavy atom. The molecule has 2 aromatic heterocycles. The molecule has 10 nitrogen and oxygen atoms in total. The maximum atomic E-state index is 11.8. The fraction of sp³-hybridized carbons (Fsp3) is 0.486. The first-order valence-electron chi connectivity index (χ1n) is 16.5. The van der Waals surface area contributed by atoms with Crippen LogP contribution in [-0.2, 0) is 20.9 Å². The lowest BCUT2D eigenvalue weighted by molar-refractivity contribution is -0.144.